The minimum Gasteiger partial charge on any atom is -0.307 e. The van der Waals surface area contributed by atoms with E-state index < -0.39 is 12.7 Å². The van der Waals surface area contributed by atoms with E-state index in [1.54, 1.807) is 11.3 Å². The summed E-state index contributed by atoms with van der Waals surface area (Å²) in [5.41, 5.74) is 0. The molecule has 0 aliphatic rings. The number of alkyl halides is 3. The van der Waals surface area contributed by atoms with E-state index in [0.717, 1.165) is 11.4 Å². The zero-order valence-electron chi connectivity index (χ0n) is 10.5. The van der Waals surface area contributed by atoms with Crippen molar-refractivity contribution >= 4 is 11.3 Å². The van der Waals surface area contributed by atoms with Crippen LogP contribution in [0.2, 0.25) is 0 Å². The van der Waals surface area contributed by atoms with E-state index in [4.69, 9.17) is 0 Å². The van der Waals surface area contributed by atoms with E-state index in [-0.39, 0.29) is 12.6 Å². The number of aromatic nitrogens is 1. The van der Waals surface area contributed by atoms with E-state index in [2.05, 4.69) is 22.5 Å². The van der Waals surface area contributed by atoms with Gasteiger partial charge in [0.05, 0.1) is 12.6 Å². The first-order chi connectivity index (χ1) is 8.42. The molecule has 0 saturated carbocycles. The molecule has 0 amide bonds. The summed E-state index contributed by atoms with van der Waals surface area (Å²) in [5.74, 6) is 0. The Morgan fingerprint density at radius 1 is 1.39 bits per heavy atom. The number of halogens is 3. The fraction of sp³-hybridized carbons (Fsp3) is 0.727. The molecule has 1 rings (SSSR count). The van der Waals surface area contributed by atoms with Crippen LogP contribution >= 0.6 is 11.3 Å². The Morgan fingerprint density at radius 3 is 2.67 bits per heavy atom. The Bertz CT molecular complexity index is 352. The molecular formula is C11H18F3N3S. The van der Waals surface area contributed by atoms with E-state index in [1.807, 2.05) is 13.1 Å². The summed E-state index contributed by atoms with van der Waals surface area (Å²) in [4.78, 5) is 5.50. The van der Waals surface area contributed by atoms with Crippen LogP contribution in [0, 0.1) is 0 Å². The second-order valence-electron chi connectivity index (χ2n) is 3.99. The molecule has 1 unspecified atom stereocenters. The lowest BCUT2D eigenvalue weighted by molar-refractivity contribution is -0.124. The van der Waals surface area contributed by atoms with Crippen LogP contribution in [0.5, 0.6) is 0 Å². The fourth-order valence-corrected chi connectivity index (χ4v) is 2.26. The van der Waals surface area contributed by atoms with Crippen molar-refractivity contribution < 1.29 is 13.2 Å². The van der Waals surface area contributed by atoms with Gasteiger partial charge in [0, 0.05) is 24.2 Å². The Labute approximate surface area is 109 Å². The van der Waals surface area contributed by atoms with Gasteiger partial charge in [-0.1, -0.05) is 6.92 Å². The molecule has 7 heteroatoms. The first-order valence-corrected chi connectivity index (χ1v) is 6.69. The van der Waals surface area contributed by atoms with Crippen LogP contribution < -0.4 is 10.6 Å². The SMILES string of the molecule is CCc1cnc(C(C)NCCNCC(F)(F)F)s1. The van der Waals surface area contributed by atoms with Gasteiger partial charge in [-0.2, -0.15) is 13.2 Å². The number of nitrogens with zero attached hydrogens (tertiary/aromatic N) is 1. The molecule has 104 valence electrons. The Kier molecular flexibility index (Phi) is 6.04. The molecule has 3 nitrogen and oxygen atoms in total. The maximum Gasteiger partial charge on any atom is 0.401 e. The van der Waals surface area contributed by atoms with Gasteiger partial charge in [-0.3, -0.25) is 0 Å². The molecule has 0 aromatic carbocycles. The lowest BCUT2D eigenvalue weighted by Crippen LogP contribution is -2.34. The van der Waals surface area contributed by atoms with Crippen molar-refractivity contribution in [2.75, 3.05) is 19.6 Å². The van der Waals surface area contributed by atoms with Crippen molar-refractivity contribution in [2.24, 2.45) is 0 Å². The van der Waals surface area contributed by atoms with Crippen molar-refractivity contribution in [3.63, 3.8) is 0 Å². The van der Waals surface area contributed by atoms with Gasteiger partial charge in [0.1, 0.15) is 5.01 Å². The predicted octanol–water partition coefficient (Wildman–Crippen LogP) is 2.51. The van der Waals surface area contributed by atoms with Crippen LogP contribution in [-0.2, 0) is 6.42 Å². The molecule has 0 aliphatic heterocycles. The van der Waals surface area contributed by atoms with Crippen molar-refractivity contribution in [1.82, 2.24) is 15.6 Å². The third-order valence-electron chi connectivity index (χ3n) is 2.37. The third kappa shape index (κ3) is 5.79. The highest BCUT2D eigenvalue weighted by molar-refractivity contribution is 7.11. The average Bonchev–Trinajstić information content (AvgIpc) is 2.75. The number of aryl methyl sites for hydroxylation is 1. The topological polar surface area (TPSA) is 37.0 Å². The third-order valence-corrected chi connectivity index (χ3v) is 3.69. The van der Waals surface area contributed by atoms with Crippen LogP contribution in [0.15, 0.2) is 6.20 Å². The molecule has 2 N–H and O–H groups in total. The zero-order chi connectivity index (χ0) is 13.6. The quantitative estimate of drug-likeness (QED) is 0.754. The number of hydrogen-bond donors (Lipinski definition) is 2. The molecule has 0 radical (unpaired) electrons. The van der Waals surface area contributed by atoms with Crippen molar-refractivity contribution in [3.05, 3.63) is 16.1 Å². The van der Waals surface area contributed by atoms with E-state index in [1.165, 1.54) is 4.88 Å². The summed E-state index contributed by atoms with van der Waals surface area (Å²) >= 11 is 1.64. The second-order valence-corrected chi connectivity index (χ2v) is 5.13. The van der Waals surface area contributed by atoms with E-state index >= 15 is 0 Å². The molecular weight excluding hydrogens is 263 g/mol. The molecule has 0 spiro atoms. The normalized spacial score (nSPS) is 13.8. The van der Waals surface area contributed by atoms with Crippen molar-refractivity contribution in [2.45, 2.75) is 32.5 Å². The van der Waals surface area contributed by atoms with Gasteiger partial charge in [0.2, 0.25) is 0 Å². The molecule has 0 saturated heterocycles. The highest BCUT2D eigenvalue weighted by atomic mass is 32.1. The fourth-order valence-electron chi connectivity index (χ4n) is 1.38. The van der Waals surface area contributed by atoms with Gasteiger partial charge in [0.15, 0.2) is 0 Å². The Morgan fingerprint density at radius 2 is 2.11 bits per heavy atom. The van der Waals surface area contributed by atoms with Crippen LogP contribution in [0.1, 0.15) is 29.8 Å². The van der Waals surface area contributed by atoms with E-state index in [9.17, 15) is 13.2 Å². The smallest absolute Gasteiger partial charge is 0.307 e. The molecule has 18 heavy (non-hydrogen) atoms. The van der Waals surface area contributed by atoms with Gasteiger partial charge in [-0.15, -0.1) is 11.3 Å². The Hall–Kier alpha value is -0.660. The largest absolute Gasteiger partial charge is 0.401 e. The molecule has 1 aromatic heterocycles. The van der Waals surface area contributed by atoms with Crippen LogP contribution in [0.25, 0.3) is 0 Å². The summed E-state index contributed by atoms with van der Waals surface area (Å²) in [7, 11) is 0. The minimum atomic E-state index is -4.14. The number of nitrogens with one attached hydrogen (secondary N) is 2. The van der Waals surface area contributed by atoms with Crippen LogP contribution in [0.4, 0.5) is 13.2 Å². The first-order valence-electron chi connectivity index (χ1n) is 5.88. The summed E-state index contributed by atoms with van der Waals surface area (Å²) in [6, 6.07) is 0.0722. The van der Waals surface area contributed by atoms with Gasteiger partial charge in [-0.25, -0.2) is 4.98 Å². The molecule has 0 fully saturated rings. The summed E-state index contributed by atoms with van der Waals surface area (Å²) < 4.78 is 35.6. The van der Waals surface area contributed by atoms with E-state index in [0.29, 0.717) is 6.54 Å². The maximum atomic E-state index is 11.9. The van der Waals surface area contributed by atoms with Gasteiger partial charge in [0.25, 0.3) is 0 Å². The molecule has 0 bridgehead atoms. The Balaban J connectivity index is 2.19. The lowest BCUT2D eigenvalue weighted by atomic mass is 10.3. The summed E-state index contributed by atoms with van der Waals surface area (Å²) in [6.07, 6.45) is -1.34. The molecule has 1 atom stereocenters. The van der Waals surface area contributed by atoms with Crippen molar-refractivity contribution in [3.8, 4) is 0 Å². The minimum absolute atomic E-state index is 0.0722. The number of hydrogen-bond acceptors (Lipinski definition) is 4. The van der Waals surface area contributed by atoms with Crippen LogP contribution in [-0.4, -0.2) is 30.8 Å². The van der Waals surface area contributed by atoms with Gasteiger partial charge in [-0.05, 0) is 13.3 Å². The highest BCUT2D eigenvalue weighted by Gasteiger charge is 2.25. The maximum absolute atomic E-state index is 11.9. The van der Waals surface area contributed by atoms with Gasteiger partial charge >= 0.3 is 6.18 Å². The predicted molar refractivity (Wildman–Crippen MR) is 66.8 cm³/mol. The average molecular weight is 281 g/mol. The van der Waals surface area contributed by atoms with Crippen molar-refractivity contribution in [1.29, 1.82) is 0 Å². The highest BCUT2D eigenvalue weighted by Crippen LogP contribution is 2.19. The number of rotatable bonds is 7. The van der Waals surface area contributed by atoms with Gasteiger partial charge < -0.3 is 10.6 Å². The standard InChI is InChI=1S/C11H18F3N3S/c1-3-9-6-17-10(18-9)8(2)16-5-4-15-7-11(12,13)14/h6,8,15-16H,3-5,7H2,1-2H3. The molecule has 1 aromatic rings. The summed E-state index contributed by atoms with van der Waals surface area (Å²) in [6.45, 7) is 3.85. The zero-order valence-corrected chi connectivity index (χ0v) is 11.3. The monoisotopic (exact) mass is 281 g/mol. The molecule has 1 heterocycles. The molecule has 0 aliphatic carbocycles. The number of thiazole rings is 1. The lowest BCUT2D eigenvalue weighted by Gasteiger charge is -2.12. The first kappa shape index (κ1) is 15.4. The second kappa shape index (κ2) is 7.06. The summed E-state index contributed by atoms with van der Waals surface area (Å²) in [5, 5.41) is 6.46. The van der Waals surface area contributed by atoms with Crippen LogP contribution in [0.3, 0.4) is 0 Å².